The van der Waals surface area contributed by atoms with Crippen molar-refractivity contribution in [2.24, 2.45) is 5.41 Å². The van der Waals surface area contributed by atoms with E-state index in [4.69, 9.17) is 0 Å². The highest BCUT2D eigenvalue weighted by Crippen LogP contribution is 2.25. The maximum Gasteiger partial charge on any atom is 0.315 e. The Morgan fingerprint density at radius 1 is 1.25 bits per heavy atom. The van der Waals surface area contributed by atoms with Crippen molar-refractivity contribution in [3.05, 3.63) is 24.2 Å². The lowest BCUT2D eigenvalue weighted by Gasteiger charge is -2.36. The van der Waals surface area contributed by atoms with Crippen molar-refractivity contribution in [2.45, 2.75) is 40.0 Å². The monoisotopic (exact) mass is 393 g/mol. The summed E-state index contributed by atoms with van der Waals surface area (Å²) in [5.74, 6) is 0.288. The summed E-state index contributed by atoms with van der Waals surface area (Å²) in [6.07, 6.45) is 0.207. The van der Waals surface area contributed by atoms with Gasteiger partial charge in [-0.05, 0) is 24.0 Å². The van der Waals surface area contributed by atoms with E-state index in [9.17, 15) is 13.6 Å². The summed E-state index contributed by atoms with van der Waals surface area (Å²) < 4.78 is 29.8. The number of hydrogen-bond acceptors (Lipinski definition) is 6. The van der Waals surface area contributed by atoms with Crippen LogP contribution in [0.25, 0.3) is 11.4 Å². The van der Waals surface area contributed by atoms with Crippen LogP contribution in [-0.4, -0.2) is 52.1 Å². The van der Waals surface area contributed by atoms with Gasteiger partial charge in [0, 0.05) is 44.4 Å². The number of alkyl halides is 2. The minimum Gasteiger partial charge on any atom is -0.353 e. The Kier molecular flexibility index (Phi) is 5.90. The number of amides is 1. The van der Waals surface area contributed by atoms with Crippen LogP contribution >= 0.6 is 0 Å². The van der Waals surface area contributed by atoms with Gasteiger partial charge in [-0.25, -0.2) is 4.98 Å². The molecule has 1 aliphatic rings. The van der Waals surface area contributed by atoms with Gasteiger partial charge in [0.1, 0.15) is 5.82 Å². The molecule has 2 aromatic heterocycles. The third-order valence-electron chi connectivity index (χ3n) is 4.68. The quantitative estimate of drug-likeness (QED) is 0.773. The van der Waals surface area contributed by atoms with Crippen molar-refractivity contribution in [3.63, 3.8) is 0 Å². The summed E-state index contributed by atoms with van der Waals surface area (Å²) >= 11 is 0. The molecular formula is C19H25F2N5O2. The van der Waals surface area contributed by atoms with Gasteiger partial charge in [-0.3, -0.25) is 4.79 Å². The Hall–Kier alpha value is -2.58. The normalized spacial score (nSPS) is 15.4. The number of carbonyl (C=O) groups excluding carboxylic acids is 1. The van der Waals surface area contributed by atoms with Gasteiger partial charge in [-0.1, -0.05) is 25.9 Å². The van der Waals surface area contributed by atoms with Crippen LogP contribution in [0.3, 0.4) is 0 Å². The largest absolute Gasteiger partial charge is 0.353 e. The molecule has 152 valence electrons. The zero-order valence-electron chi connectivity index (χ0n) is 16.4. The molecular weight excluding hydrogens is 368 g/mol. The van der Waals surface area contributed by atoms with E-state index in [1.807, 2.05) is 4.90 Å². The van der Waals surface area contributed by atoms with Gasteiger partial charge in [0.2, 0.25) is 11.7 Å². The molecule has 1 aliphatic heterocycles. The van der Waals surface area contributed by atoms with Crippen LogP contribution in [0.15, 0.2) is 22.9 Å². The minimum absolute atomic E-state index is 0.106. The first kappa shape index (κ1) is 20.2. The number of hydrogen-bond donors (Lipinski definition) is 0. The first-order chi connectivity index (χ1) is 13.2. The Labute approximate surface area is 162 Å². The van der Waals surface area contributed by atoms with Gasteiger partial charge in [0.15, 0.2) is 0 Å². The first-order valence-corrected chi connectivity index (χ1v) is 9.34. The fraction of sp³-hybridized carbons (Fsp3) is 0.579. The highest BCUT2D eigenvalue weighted by molar-refractivity contribution is 5.76. The van der Waals surface area contributed by atoms with E-state index < -0.39 is 12.3 Å². The molecule has 0 radical (unpaired) electrons. The van der Waals surface area contributed by atoms with Crippen LogP contribution in [0.4, 0.5) is 14.6 Å². The van der Waals surface area contributed by atoms with Gasteiger partial charge in [0.05, 0.1) is 0 Å². The Morgan fingerprint density at radius 2 is 1.96 bits per heavy atom. The van der Waals surface area contributed by atoms with E-state index in [1.165, 1.54) is 0 Å². The number of piperazine rings is 1. The minimum atomic E-state index is -2.80. The van der Waals surface area contributed by atoms with Crippen molar-refractivity contribution in [1.82, 2.24) is 20.0 Å². The molecule has 1 fully saturated rings. The van der Waals surface area contributed by atoms with Crippen LogP contribution < -0.4 is 4.90 Å². The Bertz CT molecular complexity index is 811. The number of nitrogens with zero attached hydrogens (tertiary/aromatic N) is 5. The van der Waals surface area contributed by atoms with Crippen LogP contribution in [0.1, 0.15) is 45.9 Å². The third kappa shape index (κ3) is 5.02. The summed E-state index contributed by atoms with van der Waals surface area (Å²) in [5, 5.41) is 3.60. The number of halogens is 2. The lowest BCUT2D eigenvalue weighted by atomic mass is 9.90. The summed E-state index contributed by atoms with van der Waals surface area (Å²) in [4.78, 5) is 24.4. The molecule has 3 heterocycles. The molecule has 0 atom stereocenters. The van der Waals surface area contributed by atoms with E-state index in [2.05, 4.69) is 45.3 Å². The summed E-state index contributed by atoms with van der Waals surface area (Å²) in [6.45, 7) is 8.97. The number of anilines is 1. The average Bonchev–Trinajstić information content (AvgIpc) is 3.16. The van der Waals surface area contributed by atoms with Crippen molar-refractivity contribution in [2.75, 3.05) is 31.1 Å². The Morgan fingerprint density at radius 3 is 2.57 bits per heavy atom. The summed E-state index contributed by atoms with van der Waals surface area (Å²) in [6, 6.07) is 3.40. The van der Waals surface area contributed by atoms with E-state index in [-0.39, 0.29) is 17.1 Å². The number of rotatable bonds is 5. The molecule has 0 bridgehead atoms. The summed E-state index contributed by atoms with van der Waals surface area (Å²) in [5.41, 5.74) is 0.700. The molecule has 0 aromatic carbocycles. The molecule has 3 rings (SSSR count). The van der Waals surface area contributed by atoms with E-state index in [0.717, 1.165) is 6.42 Å². The van der Waals surface area contributed by atoms with Crippen LogP contribution in [0.2, 0.25) is 0 Å². The molecule has 0 N–H and O–H groups in total. The predicted octanol–water partition coefficient (Wildman–Crippen LogP) is 3.54. The Balaban J connectivity index is 1.61. The lowest BCUT2D eigenvalue weighted by molar-refractivity contribution is -0.132. The highest BCUT2D eigenvalue weighted by atomic mass is 19.3. The van der Waals surface area contributed by atoms with Crippen molar-refractivity contribution in [3.8, 4) is 11.4 Å². The highest BCUT2D eigenvalue weighted by Gasteiger charge is 2.24. The first-order valence-electron chi connectivity index (χ1n) is 9.34. The molecule has 28 heavy (non-hydrogen) atoms. The standard InChI is InChI=1S/C19H25F2N5O2/c1-19(2,3)6-4-15(27)26-10-8-25(9-11-26)14-12-13(5-7-22-14)17-23-18(16(20)21)28-24-17/h5,7,12,16H,4,6,8-11H2,1-3H3. The van der Waals surface area contributed by atoms with Gasteiger partial charge >= 0.3 is 6.43 Å². The van der Waals surface area contributed by atoms with E-state index >= 15 is 0 Å². The molecule has 0 saturated carbocycles. The van der Waals surface area contributed by atoms with Crippen LogP contribution in [0, 0.1) is 5.41 Å². The molecule has 7 nitrogen and oxygen atoms in total. The molecule has 1 saturated heterocycles. The second kappa shape index (κ2) is 8.20. The van der Waals surface area contributed by atoms with Crippen molar-refractivity contribution < 1.29 is 18.1 Å². The zero-order chi connectivity index (χ0) is 20.3. The maximum atomic E-state index is 12.6. The number of aromatic nitrogens is 3. The van der Waals surface area contributed by atoms with E-state index in [0.29, 0.717) is 44.0 Å². The zero-order valence-corrected chi connectivity index (χ0v) is 16.4. The SMILES string of the molecule is CC(C)(C)CCC(=O)N1CCN(c2cc(-c3noc(C(F)F)n3)ccn2)CC1. The maximum absolute atomic E-state index is 12.6. The van der Waals surface area contributed by atoms with Gasteiger partial charge in [-0.2, -0.15) is 13.8 Å². The topological polar surface area (TPSA) is 75.4 Å². The second-order valence-corrected chi connectivity index (χ2v) is 8.09. The number of carbonyl (C=O) groups is 1. The fourth-order valence-electron chi connectivity index (χ4n) is 3.00. The smallest absolute Gasteiger partial charge is 0.315 e. The van der Waals surface area contributed by atoms with Gasteiger partial charge in [0.25, 0.3) is 5.89 Å². The molecule has 1 amide bonds. The molecule has 0 unspecified atom stereocenters. The average molecular weight is 393 g/mol. The summed E-state index contributed by atoms with van der Waals surface area (Å²) in [7, 11) is 0. The molecule has 0 aliphatic carbocycles. The second-order valence-electron chi connectivity index (χ2n) is 8.09. The predicted molar refractivity (Wildman–Crippen MR) is 100.0 cm³/mol. The van der Waals surface area contributed by atoms with Gasteiger partial charge in [-0.15, -0.1) is 0 Å². The fourth-order valence-corrected chi connectivity index (χ4v) is 3.00. The molecule has 2 aromatic rings. The molecule has 0 spiro atoms. The van der Waals surface area contributed by atoms with Crippen LogP contribution in [-0.2, 0) is 4.79 Å². The van der Waals surface area contributed by atoms with Crippen molar-refractivity contribution in [1.29, 1.82) is 0 Å². The third-order valence-corrected chi connectivity index (χ3v) is 4.68. The lowest BCUT2D eigenvalue weighted by Crippen LogP contribution is -2.49. The number of pyridine rings is 1. The van der Waals surface area contributed by atoms with Crippen molar-refractivity contribution >= 4 is 11.7 Å². The van der Waals surface area contributed by atoms with Crippen LogP contribution in [0.5, 0.6) is 0 Å². The van der Waals surface area contributed by atoms with Gasteiger partial charge < -0.3 is 14.3 Å². The van der Waals surface area contributed by atoms with E-state index in [1.54, 1.807) is 18.3 Å². The molecule has 9 heteroatoms.